The second-order valence-corrected chi connectivity index (χ2v) is 5.20. The first-order valence-corrected chi connectivity index (χ1v) is 5.47. The summed E-state index contributed by atoms with van der Waals surface area (Å²) in [6.07, 6.45) is 3.51. The van der Waals surface area contributed by atoms with Crippen LogP contribution < -0.4 is 0 Å². The van der Waals surface area contributed by atoms with Gasteiger partial charge in [0.1, 0.15) is 0 Å². The maximum absolute atomic E-state index is 12.3. The van der Waals surface area contributed by atoms with Crippen molar-refractivity contribution in [2.45, 2.75) is 45.0 Å². The SMILES string of the molecule is FC(F)CC1(CCl)CC2(CCC2)C1. The molecule has 0 nitrogen and oxygen atoms in total. The van der Waals surface area contributed by atoms with Gasteiger partial charge in [-0.3, -0.25) is 0 Å². The molecule has 0 aliphatic heterocycles. The maximum Gasteiger partial charge on any atom is 0.239 e. The monoisotopic (exact) mass is 208 g/mol. The Balaban J connectivity index is 1.90. The average molecular weight is 209 g/mol. The third-order valence-corrected chi connectivity index (χ3v) is 4.35. The Labute approximate surface area is 82.6 Å². The summed E-state index contributed by atoms with van der Waals surface area (Å²) in [6, 6.07) is 0. The Bertz CT molecular complexity index is 191. The lowest BCUT2D eigenvalue weighted by atomic mass is 9.45. The zero-order valence-corrected chi connectivity index (χ0v) is 8.42. The largest absolute Gasteiger partial charge is 0.239 e. The summed E-state index contributed by atoms with van der Waals surface area (Å²) < 4.78 is 24.5. The Morgan fingerprint density at radius 2 is 1.85 bits per heavy atom. The van der Waals surface area contributed by atoms with E-state index in [0.29, 0.717) is 11.3 Å². The van der Waals surface area contributed by atoms with Gasteiger partial charge in [0.25, 0.3) is 0 Å². The molecule has 2 aliphatic carbocycles. The topological polar surface area (TPSA) is 0 Å². The van der Waals surface area contributed by atoms with Gasteiger partial charge in [-0.05, 0) is 36.5 Å². The van der Waals surface area contributed by atoms with E-state index in [1.54, 1.807) is 0 Å². The minimum Gasteiger partial charge on any atom is -0.211 e. The van der Waals surface area contributed by atoms with Gasteiger partial charge in [0.05, 0.1) is 0 Å². The lowest BCUT2D eigenvalue weighted by molar-refractivity contribution is -0.108. The average Bonchev–Trinajstić information content (AvgIpc) is 1.91. The van der Waals surface area contributed by atoms with Gasteiger partial charge in [0.15, 0.2) is 0 Å². The molecule has 0 aromatic heterocycles. The molecule has 2 aliphatic rings. The van der Waals surface area contributed by atoms with Crippen LogP contribution in [0.5, 0.6) is 0 Å². The van der Waals surface area contributed by atoms with Gasteiger partial charge in [-0.2, -0.15) is 0 Å². The number of halogens is 3. The highest BCUT2D eigenvalue weighted by atomic mass is 35.5. The van der Waals surface area contributed by atoms with Crippen LogP contribution in [-0.4, -0.2) is 12.3 Å². The third kappa shape index (κ3) is 1.58. The molecule has 0 aromatic rings. The smallest absolute Gasteiger partial charge is 0.211 e. The zero-order valence-electron chi connectivity index (χ0n) is 7.66. The molecule has 0 radical (unpaired) electrons. The van der Waals surface area contributed by atoms with E-state index in [2.05, 4.69) is 0 Å². The zero-order chi connectivity index (χ0) is 9.53. The van der Waals surface area contributed by atoms with Crippen molar-refractivity contribution in [2.24, 2.45) is 10.8 Å². The first-order valence-electron chi connectivity index (χ1n) is 4.94. The van der Waals surface area contributed by atoms with Crippen molar-refractivity contribution in [2.75, 3.05) is 5.88 Å². The molecule has 0 saturated heterocycles. The summed E-state index contributed by atoms with van der Waals surface area (Å²) in [5, 5.41) is 0. The van der Waals surface area contributed by atoms with E-state index in [1.165, 1.54) is 19.3 Å². The summed E-state index contributed by atoms with van der Waals surface area (Å²) in [6.45, 7) is 0. The molecule has 0 unspecified atom stereocenters. The van der Waals surface area contributed by atoms with Crippen LogP contribution in [0.3, 0.4) is 0 Å². The fourth-order valence-electron chi connectivity index (χ4n) is 3.19. The van der Waals surface area contributed by atoms with Crippen molar-refractivity contribution >= 4 is 11.6 Å². The van der Waals surface area contributed by atoms with E-state index in [4.69, 9.17) is 11.6 Å². The molecule has 76 valence electrons. The predicted molar refractivity (Wildman–Crippen MR) is 49.3 cm³/mol. The van der Waals surface area contributed by atoms with E-state index in [0.717, 1.165) is 12.8 Å². The summed E-state index contributed by atoms with van der Waals surface area (Å²) in [5.41, 5.74) is 0.236. The predicted octanol–water partition coefficient (Wildman–Crippen LogP) is 3.83. The number of rotatable bonds is 3. The molecule has 13 heavy (non-hydrogen) atoms. The fraction of sp³-hybridized carbons (Fsp3) is 1.00. The normalized spacial score (nSPS) is 28.6. The second kappa shape index (κ2) is 3.08. The summed E-state index contributed by atoms with van der Waals surface area (Å²) in [7, 11) is 0. The highest BCUT2D eigenvalue weighted by molar-refractivity contribution is 6.18. The van der Waals surface area contributed by atoms with Crippen LogP contribution in [0.15, 0.2) is 0 Å². The van der Waals surface area contributed by atoms with Crippen molar-refractivity contribution in [3.63, 3.8) is 0 Å². The lowest BCUT2D eigenvalue weighted by Gasteiger charge is -2.61. The van der Waals surface area contributed by atoms with Crippen LogP contribution in [0.25, 0.3) is 0 Å². The molecular weight excluding hydrogens is 194 g/mol. The van der Waals surface area contributed by atoms with Gasteiger partial charge in [0.2, 0.25) is 6.43 Å². The molecule has 0 amide bonds. The molecule has 0 atom stereocenters. The van der Waals surface area contributed by atoms with Crippen molar-refractivity contribution < 1.29 is 8.78 Å². The Morgan fingerprint density at radius 1 is 1.23 bits per heavy atom. The number of hydrogen-bond donors (Lipinski definition) is 0. The van der Waals surface area contributed by atoms with Gasteiger partial charge in [-0.15, -0.1) is 11.6 Å². The first kappa shape index (κ1) is 9.70. The summed E-state index contributed by atoms with van der Waals surface area (Å²) in [5.74, 6) is 0.416. The second-order valence-electron chi connectivity index (χ2n) is 4.94. The molecular formula is C10H15ClF2. The Morgan fingerprint density at radius 3 is 2.15 bits per heavy atom. The number of alkyl halides is 3. The maximum atomic E-state index is 12.3. The Kier molecular flexibility index (Phi) is 2.30. The van der Waals surface area contributed by atoms with Crippen molar-refractivity contribution in [3.05, 3.63) is 0 Å². The van der Waals surface area contributed by atoms with Crippen LogP contribution in [0.4, 0.5) is 8.78 Å². The lowest BCUT2D eigenvalue weighted by Crippen LogP contribution is -2.52. The highest BCUT2D eigenvalue weighted by Crippen LogP contribution is 2.66. The standard InChI is InChI=1S/C10H15ClF2/c11-7-10(4-8(12)13)5-9(6-10)2-1-3-9/h8H,1-7H2. The van der Waals surface area contributed by atoms with Gasteiger partial charge in [0, 0.05) is 12.3 Å². The van der Waals surface area contributed by atoms with Gasteiger partial charge in [-0.1, -0.05) is 6.42 Å². The molecule has 0 heterocycles. The summed E-state index contributed by atoms with van der Waals surface area (Å²) in [4.78, 5) is 0. The minimum atomic E-state index is -2.18. The number of hydrogen-bond acceptors (Lipinski definition) is 0. The molecule has 2 rings (SSSR count). The molecule has 1 spiro atoms. The molecule has 0 N–H and O–H groups in total. The van der Waals surface area contributed by atoms with Crippen LogP contribution >= 0.6 is 11.6 Å². The molecule has 2 fully saturated rings. The van der Waals surface area contributed by atoms with Gasteiger partial charge < -0.3 is 0 Å². The van der Waals surface area contributed by atoms with Crippen LogP contribution in [0, 0.1) is 10.8 Å². The van der Waals surface area contributed by atoms with E-state index < -0.39 is 6.43 Å². The van der Waals surface area contributed by atoms with Crippen LogP contribution in [0.2, 0.25) is 0 Å². The molecule has 0 aromatic carbocycles. The van der Waals surface area contributed by atoms with E-state index in [9.17, 15) is 8.78 Å². The van der Waals surface area contributed by atoms with Crippen molar-refractivity contribution in [3.8, 4) is 0 Å². The summed E-state index contributed by atoms with van der Waals surface area (Å²) >= 11 is 5.78. The quantitative estimate of drug-likeness (QED) is 0.619. The van der Waals surface area contributed by atoms with Crippen LogP contribution in [0.1, 0.15) is 38.5 Å². The third-order valence-electron chi connectivity index (χ3n) is 3.79. The minimum absolute atomic E-state index is 0.0122. The highest BCUT2D eigenvalue weighted by Gasteiger charge is 2.56. The fourth-order valence-corrected chi connectivity index (χ4v) is 3.49. The van der Waals surface area contributed by atoms with E-state index >= 15 is 0 Å². The van der Waals surface area contributed by atoms with E-state index in [1.807, 2.05) is 0 Å². The van der Waals surface area contributed by atoms with E-state index in [-0.39, 0.29) is 11.8 Å². The van der Waals surface area contributed by atoms with Gasteiger partial charge in [-0.25, -0.2) is 8.78 Å². The van der Waals surface area contributed by atoms with Crippen molar-refractivity contribution in [1.82, 2.24) is 0 Å². The molecule has 0 bridgehead atoms. The molecule has 2 saturated carbocycles. The first-order chi connectivity index (χ1) is 6.10. The van der Waals surface area contributed by atoms with Crippen LogP contribution in [-0.2, 0) is 0 Å². The molecule has 3 heteroatoms. The Hall–Kier alpha value is 0.150. The van der Waals surface area contributed by atoms with Crippen molar-refractivity contribution in [1.29, 1.82) is 0 Å². The van der Waals surface area contributed by atoms with Gasteiger partial charge >= 0.3 is 0 Å².